The molecule has 100 valence electrons. The van der Waals surface area contributed by atoms with Crippen LogP contribution in [0.1, 0.15) is 5.69 Å². The number of nitrogens with zero attached hydrogens (tertiary/aromatic N) is 1. The number of aromatic nitrogens is 1. The van der Waals surface area contributed by atoms with E-state index in [0.717, 1.165) is 18.2 Å². The second kappa shape index (κ2) is 4.56. The molecule has 0 saturated heterocycles. The molecule has 0 aliphatic carbocycles. The van der Waals surface area contributed by atoms with Crippen LogP contribution in [0.5, 0.6) is 0 Å². The molecule has 0 aliphatic heterocycles. The van der Waals surface area contributed by atoms with Crippen LogP contribution >= 0.6 is 0 Å². The van der Waals surface area contributed by atoms with Crippen LogP contribution in [0.15, 0.2) is 30.3 Å². The molecule has 19 heavy (non-hydrogen) atoms. The summed E-state index contributed by atoms with van der Waals surface area (Å²) in [6, 6.07) is 4.14. The molecule has 0 bridgehead atoms. The van der Waals surface area contributed by atoms with E-state index in [9.17, 15) is 26.3 Å². The van der Waals surface area contributed by atoms with E-state index in [1.54, 1.807) is 0 Å². The molecule has 1 heterocycles. The zero-order valence-corrected chi connectivity index (χ0v) is 9.10. The van der Waals surface area contributed by atoms with E-state index in [1.807, 2.05) is 0 Å². The van der Waals surface area contributed by atoms with Gasteiger partial charge in [0.15, 0.2) is 17.3 Å². The van der Waals surface area contributed by atoms with E-state index >= 15 is 0 Å². The van der Waals surface area contributed by atoms with Gasteiger partial charge in [-0.05, 0) is 18.2 Å². The van der Waals surface area contributed by atoms with Crippen molar-refractivity contribution in [3.63, 3.8) is 0 Å². The maximum absolute atomic E-state index is 13.5. The summed E-state index contributed by atoms with van der Waals surface area (Å²) in [6.45, 7) is 0. The van der Waals surface area contributed by atoms with Crippen molar-refractivity contribution >= 4 is 0 Å². The van der Waals surface area contributed by atoms with Crippen molar-refractivity contribution in [3.8, 4) is 11.1 Å². The van der Waals surface area contributed by atoms with Gasteiger partial charge in [0.25, 0.3) is 0 Å². The SMILES string of the molecule is Fc1ccc(-c2cccc(F)c2F)c(C(F)(F)F)n1. The number of hydrogen-bond donors (Lipinski definition) is 0. The largest absolute Gasteiger partial charge is 0.434 e. The third kappa shape index (κ3) is 2.54. The summed E-state index contributed by atoms with van der Waals surface area (Å²) in [5.74, 6) is -4.09. The summed E-state index contributed by atoms with van der Waals surface area (Å²) < 4.78 is 77.4. The highest BCUT2D eigenvalue weighted by atomic mass is 19.4. The van der Waals surface area contributed by atoms with Gasteiger partial charge >= 0.3 is 6.18 Å². The Hall–Kier alpha value is -2.05. The first-order valence-corrected chi connectivity index (χ1v) is 4.99. The molecule has 0 amide bonds. The van der Waals surface area contributed by atoms with E-state index in [1.165, 1.54) is 0 Å². The predicted molar refractivity (Wildman–Crippen MR) is 54.5 cm³/mol. The molecule has 0 saturated carbocycles. The smallest absolute Gasteiger partial charge is 0.215 e. The standard InChI is InChI=1S/C12H5F6N/c13-8-3-1-2-6(10(8)15)7-4-5-9(14)19-11(7)12(16,17)18/h1-5H. The first-order chi connectivity index (χ1) is 8.80. The van der Waals surface area contributed by atoms with Crippen LogP contribution in [0, 0.1) is 17.6 Å². The van der Waals surface area contributed by atoms with Gasteiger partial charge in [-0.25, -0.2) is 13.8 Å². The normalized spacial score (nSPS) is 11.7. The first-order valence-electron chi connectivity index (χ1n) is 4.99. The topological polar surface area (TPSA) is 12.9 Å². The second-order valence-corrected chi connectivity index (χ2v) is 3.63. The molecule has 0 radical (unpaired) electrons. The summed E-state index contributed by atoms with van der Waals surface area (Å²) in [5, 5.41) is 0. The number of benzene rings is 1. The Labute approximate surface area is 103 Å². The van der Waals surface area contributed by atoms with Crippen molar-refractivity contribution in [1.29, 1.82) is 0 Å². The molecule has 0 unspecified atom stereocenters. The Bertz CT molecular complexity index is 620. The Balaban J connectivity index is 2.72. The second-order valence-electron chi connectivity index (χ2n) is 3.63. The van der Waals surface area contributed by atoms with Gasteiger partial charge in [0.05, 0.1) is 0 Å². The lowest BCUT2D eigenvalue weighted by Crippen LogP contribution is -2.11. The lowest BCUT2D eigenvalue weighted by Gasteiger charge is -2.12. The Morgan fingerprint density at radius 2 is 1.53 bits per heavy atom. The van der Waals surface area contributed by atoms with E-state index < -0.39 is 40.6 Å². The molecule has 1 aromatic heterocycles. The predicted octanol–water partition coefficient (Wildman–Crippen LogP) is 4.18. The van der Waals surface area contributed by atoms with Crippen molar-refractivity contribution in [2.45, 2.75) is 6.18 Å². The fourth-order valence-corrected chi connectivity index (χ4v) is 1.58. The number of pyridine rings is 1. The molecular weight excluding hydrogens is 272 g/mol. The number of alkyl halides is 3. The van der Waals surface area contributed by atoms with Crippen molar-refractivity contribution in [3.05, 3.63) is 53.6 Å². The Kier molecular flexibility index (Phi) is 3.21. The third-order valence-corrected chi connectivity index (χ3v) is 2.37. The first kappa shape index (κ1) is 13.4. The highest BCUT2D eigenvalue weighted by Crippen LogP contribution is 2.36. The van der Waals surface area contributed by atoms with Crippen molar-refractivity contribution in [2.24, 2.45) is 0 Å². The van der Waals surface area contributed by atoms with Crippen LogP contribution in [0.4, 0.5) is 26.3 Å². The third-order valence-electron chi connectivity index (χ3n) is 2.37. The van der Waals surface area contributed by atoms with Crippen LogP contribution in [0.2, 0.25) is 0 Å². The fourth-order valence-electron chi connectivity index (χ4n) is 1.58. The zero-order chi connectivity index (χ0) is 14.2. The minimum atomic E-state index is -4.98. The van der Waals surface area contributed by atoms with Gasteiger partial charge in [-0.15, -0.1) is 0 Å². The molecule has 1 nitrogen and oxygen atoms in total. The van der Waals surface area contributed by atoms with Crippen LogP contribution in [0.3, 0.4) is 0 Å². The summed E-state index contributed by atoms with van der Waals surface area (Å²) in [4.78, 5) is 2.71. The minimum Gasteiger partial charge on any atom is -0.215 e. The molecule has 1 aromatic carbocycles. The Morgan fingerprint density at radius 3 is 2.16 bits per heavy atom. The molecule has 0 N–H and O–H groups in total. The van der Waals surface area contributed by atoms with E-state index in [2.05, 4.69) is 4.98 Å². The lowest BCUT2D eigenvalue weighted by molar-refractivity contribution is -0.141. The van der Waals surface area contributed by atoms with E-state index in [-0.39, 0.29) is 0 Å². The lowest BCUT2D eigenvalue weighted by atomic mass is 10.0. The van der Waals surface area contributed by atoms with Gasteiger partial charge in [-0.2, -0.15) is 17.6 Å². The average Bonchev–Trinajstić information content (AvgIpc) is 2.32. The Morgan fingerprint density at radius 1 is 0.842 bits per heavy atom. The number of hydrogen-bond acceptors (Lipinski definition) is 1. The quantitative estimate of drug-likeness (QED) is 0.562. The van der Waals surface area contributed by atoms with Crippen LogP contribution in [0.25, 0.3) is 11.1 Å². The molecule has 0 atom stereocenters. The molecule has 2 rings (SSSR count). The molecule has 7 heteroatoms. The maximum Gasteiger partial charge on any atom is 0.434 e. The van der Waals surface area contributed by atoms with Gasteiger partial charge in [0.1, 0.15) is 0 Å². The van der Waals surface area contributed by atoms with Crippen LogP contribution in [-0.2, 0) is 6.18 Å². The summed E-state index contributed by atoms with van der Waals surface area (Å²) in [5.41, 5.74) is -2.94. The molecule has 0 aliphatic rings. The highest BCUT2D eigenvalue weighted by molar-refractivity contribution is 5.67. The minimum absolute atomic E-state index is 0.625. The van der Waals surface area contributed by atoms with Gasteiger partial charge in [0.2, 0.25) is 5.95 Å². The van der Waals surface area contributed by atoms with Gasteiger partial charge in [-0.3, -0.25) is 0 Å². The summed E-state index contributed by atoms with van der Waals surface area (Å²) >= 11 is 0. The van der Waals surface area contributed by atoms with Gasteiger partial charge in [0, 0.05) is 11.1 Å². The van der Waals surface area contributed by atoms with Crippen molar-refractivity contribution in [1.82, 2.24) is 4.98 Å². The monoisotopic (exact) mass is 277 g/mol. The zero-order valence-electron chi connectivity index (χ0n) is 9.10. The van der Waals surface area contributed by atoms with Crippen molar-refractivity contribution in [2.75, 3.05) is 0 Å². The highest BCUT2D eigenvalue weighted by Gasteiger charge is 2.37. The fraction of sp³-hybridized carbons (Fsp3) is 0.0833. The van der Waals surface area contributed by atoms with E-state index in [0.29, 0.717) is 12.1 Å². The van der Waals surface area contributed by atoms with Crippen LogP contribution in [-0.4, -0.2) is 4.98 Å². The van der Waals surface area contributed by atoms with Crippen molar-refractivity contribution < 1.29 is 26.3 Å². The summed E-state index contributed by atoms with van der Waals surface area (Å²) in [6.07, 6.45) is -4.98. The van der Waals surface area contributed by atoms with E-state index in [4.69, 9.17) is 0 Å². The maximum atomic E-state index is 13.5. The number of rotatable bonds is 1. The van der Waals surface area contributed by atoms with Gasteiger partial charge in [-0.1, -0.05) is 12.1 Å². The molecule has 0 fully saturated rings. The molecule has 2 aromatic rings. The van der Waals surface area contributed by atoms with Gasteiger partial charge < -0.3 is 0 Å². The number of halogens is 6. The molecule has 0 spiro atoms. The summed E-state index contributed by atoms with van der Waals surface area (Å²) in [7, 11) is 0. The average molecular weight is 277 g/mol. The van der Waals surface area contributed by atoms with Crippen LogP contribution < -0.4 is 0 Å². The molecular formula is C12H5F6N.